The molecule has 1 saturated heterocycles. The average molecular weight is 451 g/mol. The quantitative estimate of drug-likeness (QED) is 0.307. The van der Waals surface area contributed by atoms with Crippen LogP contribution in [-0.2, 0) is 22.4 Å². The molecular formula is C25H30N4O4. The number of hydrogen-bond donors (Lipinski definition) is 4. The van der Waals surface area contributed by atoms with E-state index in [1.165, 1.54) is 0 Å². The van der Waals surface area contributed by atoms with Crippen LogP contribution in [0, 0.1) is 5.92 Å². The van der Waals surface area contributed by atoms with Gasteiger partial charge in [-0.1, -0.05) is 67.2 Å². The summed E-state index contributed by atoms with van der Waals surface area (Å²) in [5.74, 6) is -2.07. The average Bonchev–Trinajstić information content (AvgIpc) is 2.77. The van der Waals surface area contributed by atoms with Crippen LogP contribution in [0.15, 0.2) is 73.1 Å². The van der Waals surface area contributed by atoms with Gasteiger partial charge in [0.15, 0.2) is 6.04 Å². The molecular weight excluding hydrogens is 420 g/mol. The van der Waals surface area contributed by atoms with Crippen molar-refractivity contribution in [2.75, 3.05) is 6.54 Å². The number of imide groups is 1. The van der Waals surface area contributed by atoms with Gasteiger partial charge in [-0.05, 0) is 36.8 Å². The molecule has 8 nitrogen and oxygen atoms in total. The number of hydrogen-bond acceptors (Lipinski definition) is 5. The summed E-state index contributed by atoms with van der Waals surface area (Å²) in [6.45, 7) is 4.01. The first kappa shape index (κ1) is 23.8. The molecule has 0 aliphatic carbocycles. The van der Waals surface area contributed by atoms with E-state index < -0.39 is 29.9 Å². The molecule has 1 aliphatic rings. The Labute approximate surface area is 193 Å². The molecule has 3 rings (SSSR count). The number of nitrogens with one attached hydrogen (secondary N) is 2. The lowest BCUT2D eigenvalue weighted by atomic mass is 9.84. The largest absolute Gasteiger partial charge is 0.480 e. The molecule has 0 saturated carbocycles. The summed E-state index contributed by atoms with van der Waals surface area (Å²) in [4.78, 5) is 38.4. The van der Waals surface area contributed by atoms with Gasteiger partial charge in [-0.2, -0.15) is 0 Å². The molecule has 1 heterocycles. The van der Waals surface area contributed by atoms with Gasteiger partial charge in [-0.3, -0.25) is 4.79 Å². The predicted molar refractivity (Wildman–Crippen MR) is 125 cm³/mol. The molecule has 0 bridgehead atoms. The summed E-state index contributed by atoms with van der Waals surface area (Å²) >= 11 is 0. The Balaban J connectivity index is 1.67. The Morgan fingerprint density at radius 1 is 1.03 bits per heavy atom. The lowest BCUT2D eigenvalue weighted by Crippen LogP contribution is -2.68. The maximum Gasteiger partial charge on any atom is 0.327 e. The van der Waals surface area contributed by atoms with E-state index in [4.69, 9.17) is 5.73 Å². The van der Waals surface area contributed by atoms with Gasteiger partial charge in [-0.15, -0.1) is 0 Å². The first-order valence-corrected chi connectivity index (χ1v) is 11.0. The highest BCUT2D eigenvalue weighted by atomic mass is 16.4. The summed E-state index contributed by atoms with van der Waals surface area (Å²) < 4.78 is 0. The molecule has 3 amide bonds. The van der Waals surface area contributed by atoms with E-state index in [1.807, 2.05) is 60.7 Å². The zero-order chi connectivity index (χ0) is 23.8. The number of carbonyl (C=O) groups is 3. The maximum absolute atomic E-state index is 13.0. The van der Waals surface area contributed by atoms with Gasteiger partial charge in [0.1, 0.15) is 0 Å². The first-order chi connectivity index (χ1) is 15.9. The van der Waals surface area contributed by atoms with Gasteiger partial charge >= 0.3 is 12.0 Å². The topological polar surface area (TPSA) is 125 Å². The van der Waals surface area contributed by atoms with Crippen LogP contribution >= 0.6 is 0 Å². The van der Waals surface area contributed by atoms with Crippen molar-refractivity contribution < 1.29 is 19.5 Å². The fourth-order valence-corrected chi connectivity index (χ4v) is 4.13. The van der Waals surface area contributed by atoms with Gasteiger partial charge in [0.2, 0.25) is 5.91 Å². The summed E-state index contributed by atoms with van der Waals surface area (Å²) in [6.07, 6.45) is 1.99. The minimum Gasteiger partial charge on any atom is -0.480 e. The van der Waals surface area contributed by atoms with Crippen LogP contribution in [0.4, 0.5) is 4.79 Å². The molecule has 2 aromatic carbocycles. The summed E-state index contributed by atoms with van der Waals surface area (Å²) in [5, 5.41) is 15.4. The summed E-state index contributed by atoms with van der Waals surface area (Å²) in [6, 6.07) is 17.3. The van der Waals surface area contributed by atoms with Gasteiger partial charge in [-0.25, -0.2) is 14.5 Å². The Morgan fingerprint density at radius 2 is 1.58 bits per heavy atom. The second-order valence-corrected chi connectivity index (χ2v) is 8.22. The molecule has 8 heteroatoms. The van der Waals surface area contributed by atoms with Crippen molar-refractivity contribution >= 4 is 17.9 Å². The van der Waals surface area contributed by atoms with Crippen molar-refractivity contribution in [1.29, 1.82) is 0 Å². The fraction of sp³-hybridized carbons (Fsp3) is 0.320. The van der Waals surface area contributed by atoms with Crippen LogP contribution in [0.5, 0.6) is 0 Å². The summed E-state index contributed by atoms with van der Waals surface area (Å²) in [5.41, 5.74) is 7.52. The number of rotatable bonds is 11. The van der Waals surface area contributed by atoms with E-state index in [9.17, 15) is 19.5 Å². The first-order valence-electron chi connectivity index (χ1n) is 11.0. The third kappa shape index (κ3) is 6.35. The monoisotopic (exact) mass is 450 g/mol. The number of urea groups is 1. The zero-order valence-corrected chi connectivity index (χ0v) is 18.4. The summed E-state index contributed by atoms with van der Waals surface area (Å²) in [7, 11) is 0. The Hall–Kier alpha value is -3.81. The number of carboxylic acids is 1. The highest BCUT2D eigenvalue weighted by molar-refractivity contribution is 6.07. The second-order valence-electron chi connectivity index (χ2n) is 8.22. The number of carboxylic acid groups (broad SMARTS) is 1. The minimum atomic E-state index is -1.19. The third-order valence-corrected chi connectivity index (χ3v) is 5.71. The van der Waals surface area contributed by atoms with Crippen molar-refractivity contribution in [1.82, 2.24) is 15.5 Å². The predicted octanol–water partition coefficient (Wildman–Crippen LogP) is 2.26. The fourth-order valence-electron chi connectivity index (χ4n) is 4.13. The molecule has 174 valence electrons. The van der Waals surface area contributed by atoms with Crippen LogP contribution in [-0.4, -0.2) is 46.5 Å². The highest BCUT2D eigenvalue weighted by Crippen LogP contribution is 2.31. The van der Waals surface area contributed by atoms with E-state index >= 15 is 0 Å². The van der Waals surface area contributed by atoms with E-state index in [0.717, 1.165) is 16.0 Å². The maximum atomic E-state index is 13.0. The van der Waals surface area contributed by atoms with Crippen molar-refractivity contribution in [3.05, 3.63) is 84.2 Å². The van der Waals surface area contributed by atoms with Crippen molar-refractivity contribution in [3.8, 4) is 0 Å². The SMILES string of the molecule is C=C(N)NCCC[C@H]1C(=O)N(C(=O)NC(Cc2ccccc2)Cc2ccccc2)C1C(=O)O. The van der Waals surface area contributed by atoms with Gasteiger partial charge < -0.3 is 21.5 Å². The lowest BCUT2D eigenvalue weighted by Gasteiger charge is -2.43. The Bertz CT molecular complexity index is 939. The molecule has 33 heavy (non-hydrogen) atoms. The second kappa shape index (κ2) is 11.2. The molecule has 0 spiro atoms. The molecule has 1 unspecified atom stereocenters. The number of β-lactam (4-membered cyclic amide) rings is 1. The third-order valence-electron chi connectivity index (χ3n) is 5.71. The van der Waals surface area contributed by atoms with Gasteiger partial charge in [0.25, 0.3) is 0 Å². The van der Waals surface area contributed by atoms with E-state index in [1.54, 1.807) is 0 Å². The molecule has 1 aliphatic heterocycles. The van der Waals surface area contributed by atoms with E-state index in [2.05, 4.69) is 17.2 Å². The van der Waals surface area contributed by atoms with Gasteiger partial charge in [0.05, 0.1) is 11.7 Å². The molecule has 0 aromatic heterocycles. The number of nitrogens with zero attached hydrogens (tertiary/aromatic N) is 1. The number of likely N-dealkylation sites (tertiary alicyclic amines) is 1. The van der Waals surface area contributed by atoms with E-state index in [-0.39, 0.29) is 6.04 Å². The molecule has 2 aromatic rings. The van der Waals surface area contributed by atoms with Crippen LogP contribution in [0.3, 0.4) is 0 Å². The van der Waals surface area contributed by atoms with E-state index in [0.29, 0.717) is 38.0 Å². The lowest BCUT2D eigenvalue weighted by molar-refractivity contribution is -0.166. The molecule has 5 N–H and O–H groups in total. The van der Waals surface area contributed by atoms with Crippen LogP contribution in [0.1, 0.15) is 24.0 Å². The number of benzene rings is 2. The van der Waals surface area contributed by atoms with Crippen molar-refractivity contribution in [2.24, 2.45) is 11.7 Å². The standard InChI is InChI=1S/C25H30N4O4/c1-17(26)27-14-8-13-21-22(24(31)32)29(23(21)30)25(33)28-20(15-18-9-4-2-5-10-18)16-19-11-6-3-7-12-19/h2-7,9-12,20-22,27H,1,8,13-16,26H2,(H,28,33)(H,31,32)/t21-,22?/m1/s1. The van der Waals surface area contributed by atoms with Crippen LogP contribution in [0.25, 0.3) is 0 Å². The smallest absolute Gasteiger partial charge is 0.327 e. The Morgan fingerprint density at radius 3 is 2.06 bits per heavy atom. The van der Waals surface area contributed by atoms with Crippen molar-refractivity contribution in [2.45, 2.75) is 37.8 Å². The van der Waals surface area contributed by atoms with Crippen molar-refractivity contribution in [3.63, 3.8) is 0 Å². The number of amides is 3. The molecule has 0 radical (unpaired) electrons. The van der Waals surface area contributed by atoms with Crippen LogP contribution < -0.4 is 16.4 Å². The highest BCUT2D eigenvalue weighted by Gasteiger charge is 2.54. The Kier molecular flexibility index (Phi) is 8.07. The van der Waals surface area contributed by atoms with Crippen LogP contribution in [0.2, 0.25) is 0 Å². The number of carbonyl (C=O) groups excluding carboxylic acids is 2. The number of nitrogens with two attached hydrogens (primary N) is 1. The molecule has 2 atom stereocenters. The normalized spacial score (nSPS) is 17.4. The van der Waals surface area contributed by atoms with Gasteiger partial charge in [0, 0.05) is 12.6 Å². The molecule has 1 fully saturated rings. The number of aliphatic carboxylic acids is 1. The zero-order valence-electron chi connectivity index (χ0n) is 18.4. The minimum absolute atomic E-state index is 0.302.